The Morgan fingerprint density at radius 3 is 2.94 bits per heavy atom. The summed E-state index contributed by atoms with van der Waals surface area (Å²) in [6.07, 6.45) is 4.15. The van der Waals surface area contributed by atoms with E-state index >= 15 is 0 Å². The molecule has 0 radical (unpaired) electrons. The second-order valence-electron chi connectivity index (χ2n) is 3.48. The molecule has 0 heterocycles. The second kappa shape index (κ2) is 6.70. The first-order valence-corrected chi connectivity index (χ1v) is 5.53. The Bertz CT molecular complexity index is 413. The number of aliphatic hydroxyl groups is 1. The minimum atomic E-state index is -0.357. The van der Waals surface area contributed by atoms with Crippen molar-refractivity contribution in [2.75, 3.05) is 18.9 Å². The average Bonchev–Trinajstić information content (AvgIpc) is 2.32. The van der Waals surface area contributed by atoms with Crippen molar-refractivity contribution in [3.63, 3.8) is 0 Å². The minimum absolute atomic E-state index is 0.0912. The van der Waals surface area contributed by atoms with Gasteiger partial charge in [0.15, 0.2) is 0 Å². The Kier molecular flexibility index (Phi) is 5.23. The SMILES string of the molecule is CCOC(=O)c1ccc(N)c(C=CCCO)c1. The van der Waals surface area contributed by atoms with Gasteiger partial charge in [0.1, 0.15) is 0 Å². The Balaban J connectivity index is 2.90. The lowest BCUT2D eigenvalue weighted by Gasteiger charge is -2.05. The van der Waals surface area contributed by atoms with Crippen molar-refractivity contribution in [1.82, 2.24) is 0 Å². The summed E-state index contributed by atoms with van der Waals surface area (Å²) in [5.74, 6) is -0.357. The molecule has 3 N–H and O–H groups in total. The highest BCUT2D eigenvalue weighted by Gasteiger charge is 2.07. The van der Waals surface area contributed by atoms with Gasteiger partial charge in [-0.3, -0.25) is 0 Å². The van der Waals surface area contributed by atoms with E-state index in [1.54, 1.807) is 37.3 Å². The molecule has 0 aliphatic carbocycles. The van der Waals surface area contributed by atoms with Crippen molar-refractivity contribution < 1.29 is 14.6 Å². The van der Waals surface area contributed by atoms with Crippen LogP contribution in [-0.4, -0.2) is 24.3 Å². The maximum atomic E-state index is 11.5. The topological polar surface area (TPSA) is 72.5 Å². The van der Waals surface area contributed by atoms with Crippen LogP contribution < -0.4 is 5.73 Å². The highest BCUT2D eigenvalue weighted by molar-refractivity contribution is 5.91. The molecule has 92 valence electrons. The van der Waals surface area contributed by atoms with Gasteiger partial charge in [0.2, 0.25) is 0 Å². The van der Waals surface area contributed by atoms with Crippen LogP contribution in [0, 0.1) is 0 Å². The summed E-state index contributed by atoms with van der Waals surface area (Å²) >= 11 is 0. The molecule has 4 nitrogen and oxygen atoms in total. The van der Waals surface area contributed by atoms with E-state index in [4.69, 9.17) is 15.6 Å². The Morgan fingerprint density at radius 1 is 1.53 bits per heavy atom. The standard InChI is InChI=1S/C13H17NO3/c1-2-17-13(16)11-6-7-12(14)10(9-11)5-3-4-8-15/h3,5-7,9,15H,2,4,8,14H2,1H3. The van der Waals surface area contributed by atoms with Crippen molar-refractivity contribution in [1.29, 1.82) is 0 Å². The number of nitrogen functional groups attached to an aromatic ring is 1. The number of esters is 1. The van der Waals surface area contributed by atoms with Gasteiger partial charge in [0, 0.05) is 12.3 Å². The number of nitrogens with two attached hydrogens (primary N) is 1. The van der Waals surface area contributed by atoms with E-state index in [9.17, 15) is 4.79 Å². The molecule has 1 rings (SSSR count). The lowest BCUT2D eigenvalue weighted by Crippen LogP contribution is -2.05. The van der Waals surface area contributed by atoms with Gasteiger partial charge in [0.25, 0.3) is 0 Å². The van der Waals surface area contributed by atoms with Crippen LogP contribution in [0.1, 0.15) is 29.3 Å². The van der Waals surface area contributed by atoms with Gasteiger partial charge in [-0.1, -0.05) is 12.2 Å². The third-order valence-corrected chi connectivity index (χ3v) is 2.19. The van der Waals surface area contributed by atoms with Gasteiger partial charge < -0.3 is 15.6 Å². The molecule has 1 aromatic carbocycles. The van der Waals surface area contributed by atoms with Crippen molar-refractivity contribution in [3.8, 4) is 0 Å². The predicted molar refractivity (Wildman–Crippen MR) is 67.5 cm³/mol. The molecule has 0 aromatic heterocycles. The molecule has 4 heteroatoms. The molecule has 17 heavy (non-hydrogen) atoms. The van der Waals surface area contributed by atoms with E-state index in [0.717, 1.165) is 5.56 Å². The van der Waals surface area contributed by atoms with Crippen molar-refractivity contribution >= 4 is 17.7 Å². The third-order valence-electron chi connectivity index (χ3n) is 2.19. The van der Waals surface area contributed by atoms with Crippen LogP contribution in [0.2, 0.25) is 0 Å². The third kappa shape index (κ3) is 3.92. The van der Waals surface area contributed by atoms with Crippen molar-refractivity contribution in [2.45, 2.75) is 13.3 Å². The summed E-state index contributed by atoms with van der Waals surface area (Å²) in [7, 11) is 0. The first kappa shape index (κ1) is 13.3. The lowest BCUT2D eigenvalue weighted by atomic mass is 10.1. The largest absolute Gasteiger partial charge is 0.462 e. The number of benzene rings is 1. The van der Waals surface area contributed by atoms with Crippen LogP contribution in [0.25, 0.3) is 6.08 Å². The normalized spacial score (nSPS) is 10.7. The number of carbonyl (C=O) groups is 1. The molecule has 0 aliphatic rings. The van der Waals surface area contributed by atoms with Gasteiger partial charge in [-0.25, -0.2) is 4.79 Å². The molecule has 0 saturated carbocycles. The summed E-state index contributed by atoms with van der Waals surface area (Å²) in [5, 5.41) is 8.67. The van der Waals surface area contributed by atoms with Crippen LogP contribution >= 0.6 is 0 Å². The molecule has 0 aliphatic heterocycles. The fraction of sp³-hybridized carbons (Fsp3) is 0.308. The minimum Gasteiger partial charge on any atom is -0.462 e. The molecule has 0 fully saturated rings. The second-order valence-corrected chi connectivity index (χ2v) is 3.48. The number of hydrogen-bond acceptors (Lipinski definition) is 4. The zero-order valence-corrected chi connectivity index (χ0v) is 9.85. The van der Waals surface area contributed by atoms with Crippen LogP contribution in [0.15, 0.2) is 24.3 Å². The number of aliphatic hydroxyl groups excluding tert-OH is 1. The summed E-state index contributed by atoms with van der Waals surface area (Å²) in [6, 6.07) is 4.99. The molecule has 0 unspecified atom stereocenters. The van der Waals surface area contributed by atoms with E-state index in [1.165, 1.54) is 0 Å². The zero-order valence-electron chi connectivity index (χ0n) is 9.85. The predicted octanol–water partition coefficient (Wildman–Crippen LogP) is 1.84. The smallest absolute Gasteiger partial charge is 0.338 e. The van der Waals surface area contributed by atoms with Gasteiger partial charge in [-0.05, 0) is 37.1 Å². The highest BCUT2D eigenvalue weighted by atomic mass is 16.5. The maximum absolute atomic E-state index is 11.5. The molecular formula is C13H17NO3. The van der Waals surface area contributed by atoms with E-state index < -0.39 is 0 Å². The number of ether oxygens (including phenoxy) is 1. The molecule has 0 bridgehead atoms. The number of rotatable bonds is 5. The summed E-state index contributed by atoms with van der Waals surface area (Å²) in [5.41, 5.74) is 7.60. The monoisotopic (exact) mass is 235 g/mol. The van der Waals surface area contributed by atoms with Gasteiger partial charge >= 0.3 is 5.97 Å². The van der Waals surface area contributed by atoms with Crippen LogP contribution in [0.5, 0.6) is 0 Å². The molecule has 0 atom stereocenters. The zero-order chi connectivity index (χ0) is 12.7. The van der Waals surface area contributed by atoms with Crippen LogP contribution in [-0.2, 0) is 4.74 Å². The number of anilines is 1. The summed E-state index contributed by atoms with van der Waals surface area (Å²) in [4.78, 5) is 11.5. The van der Waals surface area contributed by atoms with E-state index in [1.807, 2.05) is 0 Å². The van der Waals surface area contributed by atoms with Gasteiger partial charge in [-0.2, -0.15) is 0 Å². The Labute approximate surface area is 101 Å². The molecule has 0 saturated heterocycles. The quantitative estimate of drug-likeness (QED) is 0.603. The fourth-order valence-electron chi connectivity index (χ4n) is 1.35. The Morgan fingerprint density at radius 2 is 2.29 bits per heavy atom. The number of hydrogen-bond donors (Lipinski definition) is 2. The fourth-order valence-corrected chi connectivity index (χ4v) is 1.35. The first-order valence-electron chi connectivity index (χ1n) is 5.53. The molecule has 0 spiro atoms. The van der Waals surface area contributed by atoms with Crippen LogP contribution in [0.3, 0.4) is 0 Å². The summed E-state index contributed by atoms with van der Waals surface area (Å²) in [6.45, 7) is 2.20. The first-order chi connectivity index (χ1) is 8.19. The lowest BCUT2D eigenvalue weighted by molar-refractivity contribution is 0.0526. The van der Waals surface area contributed by atoms with E-state index in [-0.39, 0.29) is 12.6 Å². The number of carbonyl (C=O) groups excluding carboxylic acids is 1. The average molecular weight is 235 g/mol. The van der Waals surface area contributed by atoms with E-state index in [0.29, 0.717) is 24.3 Å². The summed E-state index contributed by atoms with van der Waals surface area (Å²) < 4.78 is 4.90. The van der Waals surface area contributed by atoms with Gasteiger partial charge in [0.05, 0.1) is 12.2 Å². The maximum Gasteiger partial charge on any atom is 0.338 e. The van der Waals surface area contributed by atoms with Crippen molar-refractivity contribution in [3.05, 3.63) is 35.4 Å². The molecule has 1 aromatic rings. The molecular weight excluding hydrogens is 218 g/mol. The molecule has 0 amide bonds. The highest BCUT2D eigenvalue weighted by Crippen LogP contribution is 2.17. The van der Waals surface area contributed by atoms with Crippen LogP contribution in [0.4, 0.5) is 5.69 Å². The Hall–Kier alpha value is -1.81. The van der Waals surface area contributed by atoms with Gasteiger partial charge in [-0.15, -0.1) is 0 Å². The van der Waals surface area contributed by atoms with Crippen molar-refractivity contribution in [2.24, 2.45) is 0 Å². The van der Waals surface area contributed by atoms with E-state index in [2.05, 4.69) is 0 Å².